The van der Waals surface area contributed by atoms with Crippen LogP contribution in [-0.4, -0.2) is 5.78 Å². The molecule has 1 rings (SSSR count). The van der Waals surface area contributed by atoms with Crippen LogP contribution in [0.1, 0.15) is 25.1 Å². The predicted molar refractivity (Wildman–Crippen MR) is 52.5 cm³/mol. The van der Waals surface area contributed by atoms with Gasteiger partial charge in [0.2, 0.25) is 0 Å². The number of hydrogen-bond acceptors (Lipinski definition) is 2. The van der Waals surface area contributed by atoms with E-state index in [9.17, 15) is 4.79 Å². The van der Waals surface area contributed by atoms with Crippen molar-refractivity contribution in [3.8, 4) is 0 Å². The van der Waals surface area contributed by atoms with E-state index in [-0.39, 0.29) is 0 Å². The Bertz CT molecular complexity index is 238. The van der Waals surface area contributed by atoms with E-state index >= 15 is 0 Å². The van der Waals surface area contributed by atoms with Crippen molar-refractivity contribution < 1.29 is 4.79 Å². The standard InChI is InChI=1S/C10H14OS/c1-8(6-9(2)11)7-10-4-3-5-12-10/h3-5,8H,6-7H2,1-2H3. The fraction of sp³-hybridized carbons (Fsp3) is 0.500. The van der Waals surface area contributed by atoms with Crippen molar-refractivity contribution in [1.29, 1.82) is 0 Å². The molecule has 0 saturated heterocycles. The summed E-state index contributed by atoms with van der Waals surface area (Å²) in [7, 11) is 0. The van der Waals surface area contributed by atoms with Crippen LogP contribution in [0.2, 0.25) is 0 Å². The Labute approximate surface area is 77.4 Å². The van der Waals surface area contributed by atoms with Gasteiger partial charge in [-0.2, -0.15) is 0 Å². The van der Waals surface area contributed by atoms with Crippen LogP contribution < -0.4 is 0 Å². The van der Waals surface area contributed by atoms with Crippen LogP contribution in [0.5, 0.6) is 0 Å². The van der Waals surface area contributed by atoms with E-state index in [4.69, 9.17) is 0 Å². The Morgan fingerprint density at radius 1 is 1.67 bits per heavy atom. The summed E-state index contributed by atoms with van der Waals surface area (Å²) in [4.78, 5) is 12.2. The molecule has 0 bridgehead atoms. The van der Waals surface area contributed by atoms with Crippen LogP contribution >= 0.6 is 11.3 Å². The minimum absolute atomic E-state index is 0.291. The third-order valence-corrected chi connectivity index (χ3v) is 2.66. The van der Waals surface area contributed by atoms with Gasteiger partial charge in [-0.15, -0.1) is 11.3 Å². The minimum Gasteiger partial charge on any atom is -0.300 e. The summed E-state index contributed by atoms with van der Waals surface area (Å²) in [6.45, 7) is 3.78. The smallest absolute Gasteiger partial charge is 0.130 e. The molecule has 0 radical (unpaired) electrons. The molecule has 12 heavy (non-hydrogen) atoms. The summed E-state index contributed by atoms with van der Waals surface area (Å²) in [5.41, 5.74) is 0. The van der Waals surface area contributed by atoms with Crippen LogP contribution in [0.3, 0.4) is 0 Å². The van der Waals surface area contributed by atoms with E-state index in [2.05, 4.69) is 24.4 Å². The third-order valence-electron chi connectivity index (χ3n) is 1.77. The van der Waals surface area contributed by atoms with Crippen LogP contribution in [0.25, 0.3) is 0 Å². The maximum absolute atomic E-state index is 10.8. The molecule has 0 N–H and O–H groups in total. The van der Waals surface area contributed by atoms with Crippen molar-refractivity contribution in [3.05, 3.63) is 22.4 Å². The predicted octanol–water partition coefficient (Wildman–Crippen LogP) is 2.91. The van der Waals surface area contributed by atoms with Gasteiger partial charge in [-0.25, -0.2) is 0 Å². The van der Waals surface area contributed by atoms with E-state index in [1.165, 1.54) is 4.88 Å². The Balaban J connectivity index is 2.36. The monoisotopic (exact) mass is 182 g/mol. The van der Waals surface area contributed by atoms with E-state index < -0.39 is 0 Å². The van der Waals surface area contributed by atoms with Gasteiger partial charge in [0.05, 0.1) is 0 Å². The first-order valence-corrected chi connectivity index (χ1v) is 5.08. The fourth-order valence-corrected chi connectivity index (χ4v) is 2.20. The van der Waals surface area contributed by atoms with Gasteiger partial charge in [0.1, 0.15) is 5.78 Å². The molecule has 0 aliphatic carbocycles. The molecule has 0 aliphatic heterocycles. The molecule has 1 aromatic rings. The molecule has 0 aliphatic rings. The second-order valence-corrected chi connectivity index (χ2v) is 4.33. The van der Waals surface area contributed by atoms with Crippen LogP contribution in [0.15, 0.2) is 17.5 Å². The van der Waals surface area contributed by atoms with E-state index in [1.54, 1.807) is 18.3 Å². The third kappa shape index (κ3) is 3.18. The van der Waals surface area contributed by atoms with Gasteiger partial charge in [0, 0.05) is 11.3 Å². The highest BCUT2D eigenvalue weighted by Gasteiger charge is 2.06. The lowest BCUT2D eigenvalue weighted by Crippen LogP contribution is -2.03. The lowest BCUT2D eigenvalue weighted by Gasteiger charge is -2.06. The number of carbonyl (C=O) groups is 1. The Morgan fingerprint density at radius 2 is 2.42 bits per heavy atom. The molecule has 0 aromatic carbocycles. The van der Waals surface area contributed by atoms with Gasteiger partial charge in [-0.1, -0.05) is 13.0 Å². The second kappa shape index (κ2) is 4.41. The zero-order valence-corrected chi connectivity index (χ0v) is 8.36. The van der Waals surface area contributed by atoms with Crippen LogP contribution in [0, 0.1) is 5.92 Å². The van der Waals surface area contributed by atoms with E-state index in [1.807, 2.05) is 0 Å². The van der Waals surface area contributed by atoms with Gasteiger partial charge in [0.25, 0.3) is 0 Å². The first-order valence-electron chi connectivity index (χ1n) is 4.20. The SMILES string of the molecule is CC(=O)CC(C)Cc1cccs1. The number of thiophene rings is 1. The summed E-state index contributed by atoms with van der Waals surface area (Å²) in [6, 6.07) is 4.18. The normalized spacial score (nSPS) is 12.8. The van der Waals surface area contributed by atoms with Crippen LogP contribution in [0.4, 0.5) is 0 Å². The first-order chi connectivity index (χ1) is 5.68. The van der Waals surface area contributed by atoms with Crippen molar-refractivity contribution in [2.75, 3.05) is 0 Å². The molecular formula is C10H14OS. The molecular weight excluding hydrogens is 168 g/mol. The molecule has 0 fully saturated rings. The Morgan fingerprint density at radius 3 is 2.92 bits per heavy atom. The number of Topliss-reactive ketones (excluding diaryl/α,β-unsaturated/α-hetero) is 1. The Hall–Kier alpha value is -0.630. The molecule has 2 heteroatoms. The lowest BCUT2D eigenvalue weighted by molar-refractivity contribution is -0.117. The summed E-state index contributed by atoms with van der Waals surface area (Å²) < 4.78 is 0. The Kier molecular flexibility index (Phi) is 3.48. The lowest BCUT2D eigenvalue weighted by atomic mass is 10.0. The quantitative estimate of drug-likeness (QED) is 0.699. The summed E-state index contributed by atoms with van der Waals surface area (Å²) in [5.74, 6) is 0.778. The number of carbonyl (C=O) groups excluding carboxylic acids is 1. The van der Waals surface area contributed by atoms with Crippen molar-refractivity contribution in [1.82, 2.24) is 0 Å². The molecule has 66 valence electrons. The second-order valence-electron chi connectivity index (χ2n) is 3.29. The van der Waals surface area contributed by atoms with Crippen LogP contribution in [-0.2, 0) is 11.2 Å². The van der Waals surface area contributed by atoms with Crippen molar-refractivity contribution >= 4 is 17.1 Å². The zero-order valence-electron chi connectivity index (χ0n) is 7.54. The molecule has 1 nitrogen and oxygen atoms in total. The molecule has 1 atom stereocenters. The topological polar surface area (TPSA) is 17.1 Å². The van der Waals surface area contributed by atoms with E-state index in [0.29, 0.717) is 18.1 Å². The van der Waals surface area contributed by atoms with Gasteiger partial charge in [0.15, 0.2) is 0 Å². The maximum Gasteiger partial charge on any atom is 0.130 e. The van der Waals surface area contributed by atoms with Gasteiger partial charge in [-0.3, -0.25) is 0 Å². The molecule has 1 heterocycles. The number of hydrogen-bond donors (Lipinski definition) is 0. The number of rotatable bonds is 4. The largest absolute Gasteiger partial charge is 0.300 e. The maximum atomic E-state index is 10.8. The van der Waals surface area contributed by atoms with Crippen molar-refractivity contribution in [2.24, 2.45) is 5.92 Å². The van der Waals surface area contributed by atoms with Gasteiger partial charge >= 0.3 is 0 Å². The summed E-state index contributed by atoms with van der Waals surface area (Å²) >= 11 is 1.77. The van der Waals surface area contributed by atoms with Crippen molar-refractivity contribution in [3.63, 3.8) is 0 Å². The molecule has 1 unspecified atom stereocenters. The number of ketones is 1. The molecule has 1 aromatic heterocycles. The average molecular weight is 182 g/mol. The highest BCUT2D eigenvalue weighted by atomic mass is 32.1. The molecule has 0 saturated carbocycles. The average Bonchev–Trinajstić information content (AvgIpc) is 2.37. The summed E-state index contributed by atoms with van der Waals surface area (Å²) in [6.07, 6.45) is 1.75. The fourth-order valence-electron chi connectivity index (χ4n) is 1.34. The first kappa shape index (κ1) is 9.46. The molecule has 0 spiro atoms. The zero-order chi connectivity index (χ0) is 8.97. The van der Waals surface area contributed by atoms with Gasteiger partial charge in [-0.05, 0) is 30.7 Å². The highest BCUT2D eigenvalue weighted by Crippen LogP contribution is 2.16. The van der Waals surface area contributed by atoms with E-state index in [0.717, 1.165) is 6.42 Å². The minimum atomic E-state index is 0.291. The van der Waals surface area contributed by atoms with Crippen molar-refractivity contribution in [2.45, 2.75) is 26.7 Å². The van der Waals surface area contributed by atoms with Gasteiger partial charge < -0.3 is 4.79 Å². The highest BCUT2D eigenvalue weighted by molar-refractivity contribution is 7.09. The molecule has 0 amide bonds. The summed E-state index contributed by atoms with van der Waals surface area (Å²) in [5, 5.41) is 2.08.